The van der Waals surface area contributed by atoms with Gasteiger partial charge < -0.3 is 14.6 Å². The molecule has 2 aliphatic rings. The molecule has 0 saturated heterocycles. The Morgan fingerprint density at radius 1 is 1.14 bits per heavy atom. The van der Waals surface area contributed by atoms with E-state index in [1.165, 1.54) is 0 Å². The minimum atomic E-state index is -0.810. The molecule has 0 bridgehead atoms. The van der Waals surface area contributed by atoms with Crippen LogP contribution >= 0.6 is 11.6 Å². The van der Waals surface area contributed by atoms with Crippen molar-refractivity contribution in [2.24, 2.45) is 0 Å². The van der Waals surface area contributed by atoms with Crippen LogP contribution < -0.4 is 9.47 Å². The number of hydrogen-bond acceptors (Lipinski definition) is 3. The number of ether oxygens (including phenoxy) is 2. The molecule has 0 aromatic heterocycles. The fourth-order valence-corrected chi connectivity index (χ4v) is 3.92. The van der Waals surface area contributed by atoms with Gasteiger partial charge in [-0.05, 0) is 25.7 Å². The van der Waals surface area contributed by atoms with Crippen LogP contribution in [0.3, 0.4) is 0 Å². The van der Waals surface area contributed by atoms with Gasteiger partial charge in [-0.3, -0.25) is 4.79 Å². The van der Waals surface area contributed by atoms with Crippen molar-refractivity contribution in [3.63, 3.8) is 0 Å². The van der Waals surface area contributed by atoms with E-state index in [4.69, 9.17) is 21.1 Å². The lowest BCUT2D eigenvalue weighted by atomic mass is 9.75. The van der Waals surface area contributed by atoms with E-state index in [-0.39, 0.29) is 6.42 Å². The van der Waals surface area contributed by atoms with Gasteiger partial charge in [-0.15, -0.1) is 0 Å². The highest BCUT2D eigenvalue weighted by molar-refractivity contribution is 6.33. The van der Waals surface area contributed by atoms with Crippen LogP contribution in [0, 0.1) is 0 Å². The zero-order valence-corrected chi connectivity index (χ0v) is 13.8. The molecule has 3 rings (SSSR count). The molecule has 0 amide bonds. The summed E-state index contributed by atoms with van der Waals surface area (Å²) in [6.45, 7) is 5.22. The van der Waals surface area contributed by atoms with E-state index >= 15 is 0 Å². The zero-order valence-electron chi connectivity index (χ0n) is 13.0. The summed E-state index contributed by atoms with van der Waals surface area (Å²) >= 11 is 6.55. The molecule has 0 fully saturated rings. The minimum Gasteiger partial charge on any atom is -0.493 e. The second-order valence-electron chi connectivity index (χ2n) is 6.66. The van der Waals surface area contributed by atoms with Crippen LogP contribution in [-0.4, -0.2) is 24.3 Å². The Morgan fingerprint density at radius 3 is 2.36 bits per heavy atom. The topological polar surface area (TPSA) is 55.8 Å². The van der Waals surface area contributed by atoms with Gasteiger partial charge in [0.1, 0.15) is 11.5 Å². The first-order valence-corrected chi connectivity index (χ1v) is 8.14. The molecule has 0 saturated carbocycles. The lowest BCUT2D eigenvalue weighted by Gasteiger charge is -2.35. The first kappa shape index (κ1) is 15.5. The Balaban J connectivity index is 2.25. The molecule has 0 atom stereocenters. The van der Waals surface area contributed by atoms with Gasteiger partial charge in [-0.1, -0.05) is 25.4 Å². The molecule has 0 aliphatic carbocycles. The molecule has 22 heavy (non-hydrogen) atoms. The Hall–Kier alpha value is -1.42. The summed E-state index contributed by atoms with van der Waals surface area (Å²) in [6, 6.07) is 0. The SMILES string of the molecule is CC(C)(CC(=O)O)c1c2c(c(Cl)c3c1OCCC3)OCCC2. The Bertz CT molecular complexity index is 585. The third kappa shape index (κ3) is 2.54. The van der Waals surface area contributed by atoms with Gasteiger partial charge in [-0.2, -0.15) is 0 Å². The van der Waals surface area contributed by atoms with Crippen LogP contribution in [0.15, 0.2) is 0 Å². The Labute approximate surface area is 135 Å². The Kier molecular flexibility index (Phi) is 3.98. The van der Waals surface area contributed by atoms with Crippen molar-refractivity contribution in [1.29, 1.82) is 0 Å². The first-order valence-electron chi connectivity index (χ1n) is 7.77. The monoisotopic (exact) mass is 324 g/mol. The van der Waals surface area contributed by atoms with E-state index in [0.717, 1.165) is 53.9 Å². The largest absolute Gasteiger partial charge is 0.493 e. The van der Waals surface area contributed by atoms with Crippen LogP contribution in [0.5, 0.6) is 11.5 Å². The van der Waals surface area contributed by atoms with E-state index in [9.17, 15) is 9.90 Å². The number of carboxylic acid groups (broad SMARTS) is 1. The van der Waals surface area contributed by atoms with Gasteiger partial charge in [0.05, 0.1) is 24.7 Å². The van der Waals surface area contributed by atoms with Crippen LogP contribution in [0.1, 0.15) is 49.8 Å². The average molecular weight is 325 g/mol. The summed E-state index contributed by atoms with van der Waals surface area (Å²) in [5.41, 5.74) is 2.46. The van der Waals surface area contributed by atoms with Crippen molar-refractivity contribution in [2.75, 3.05) is 13.2 Å². The summed E-state index contributed by atoms with van der Waals surface area (Å²) < 4.78 is 11.8. The standard InChI is InChI=1S/C17H21ClO4/c1-17(2,9-12(19)20)13-10-5-3-8-22-16(10)14(18)11-6-4-7-21-15(11)13/h3-9H2,1-2H3,(H,19,20). The summed E-state index contributed by atoms with van der Waals surface area (Å²) in [6.07, 6.45) is 3.59. The molecule has 5 heteroatoms. The van der Waals surface area contributed by atoms with E-state index in [1.807, 2.05) is 13.8 Å². The quantitative estimate of drug-likeness (QED) is 0.920. The number of hydrogen-bond donors (Lipinski definition) is 1. The fourth-order valence-electron chi connectivity index (χ4n) is 3.57. The summed E-state index contributed by atoms with van der Waals surface area (Å²) in [7, 11) is 0. The molecule has 1 N–H and O–H groups in total. The van der Waals surface area contributed by atoms with E-state index in [0.29, 0.717) is 18.2 Å². The second kappa shape index (κ2) is 5.65. The normalized spacial score (nSPS) is 17.0. The fraction of sp³-hybridized carbons (Fsp3) is 0.588. The van der Waals surface area contributed by atoms with Gasteiger partial charge in [0.25, 0.3) is 0 Å². The predicted octanol–water partition coefficient (Wildman–Crippen LogP) is 3.74. The molecule has 1 aromatic rings. The number of carboxylic acids is 1. The number of rotatable bonds is 3. The lowest BCUT2D eigenvalue weighted by Crippen LogP contribution is -2.28. The summed E-state index contributed by atoms with van der Waals surface area (Å²) in [5.74, 6) is 0.729. The number of aliphatic carboxylic acids is 1. The van der Waals surface area contributed by atoms with Gasteiger partial charge >= 0.3 is 5.97 Å². The van der Waals surface area contributed by atoms with Gasteiger partial charge in [0, 0.05) is 22.1 Å². The molecule has 4 nitrogen and oxygen atoms in total. The van der Waals surface area contributed by atoms with Gasteiger partial charge in [-0.25, -0.2) is 0 Å². The first-order chi connectivity index (χ1) is 10.4. The molecule has 2 heterocycles. The molecule has 0 unspecified atom stereocenters. The molecular weight excluding hydrogens is 304 g/mol. The number of halogens is 1. The van der Waals surface area contributed by atoms with Crippen molar-refractivity contribution in [3.8, 4) is 11.5 Å². The molecule has 120 valence electrons. The molecule has 2 aliphatic heterocycles. The van der Waals surface area contributed by atoms with E-state index in [2.05, 4.69) is 0 Å². The van der Waals surface area contributed by atoms with Crippen molar-refractivity contribution < 1.29 is 19.4 Å². The number of fused-ring (bicyclic) bond motifs is 2. The maximum absolute atomic E-state index is 11.3. The van der Waals surface area contributed by atoms with Crippen LogP contribution in [0.2, 0.25) is 5.02 Å². The zero-order chi connectivity index (χ0) is 15.9. The van der Waals surface area contributed by atoms with Crippen LogP contribution in [-0.2, 0) is 23.1 Å². The van der Waals surface area contributed by atoms with Gasteiger partial charge in [0.2, 0.25) is 0 Å². The number of carbonyl (C=O) groups is 1. The molecule has 0 radical (unpaired) electrons. The van der Waals surface area contributed by atoms with Crippen molar-refractivity contribution in [1.82, 2.24) is 0 Å². The smallest absolute Gasteiger partial charge is 0.304 e. The predicted molar refractivity (Wildman–Crippen MR) is 84.4 cm³/mol. The highest BCUT2D eigenvalue weighted by Crippen LogP contribution is 2.50. The van der Waals surface area contributed by atoms with Crippen molar-refractivity contribution in [2.45, 2.75) is 51.4 Å². The average Bonchev–Trinajstić information content (AvgIpc) is 2.46. The second-order valence-corrected chi connectivity index (χ2v) is 7.04. The maximum atomic E-state index is 11.3. The van der Waals surface area contributed by atoms with Crippen molar-refractivity contribution >= 4 is 17.6 Å². The molecule has 1 aromatic carbocycles. The van der Waals surface area contributed by atoms with E-state index in [1.54, 1.807) is 0 Å². The lowest BCUT2D eigenvalue weighted by molar-refractivity contribution is -0.138. The third-order valence-corrected chi connectivity index (χ3v) is 4.85. The highest BCUT2D eigenvalue weighted by Gasteiger charge is 2.37. The van der Waals surface area contributed by atoms with Gasteiger partial charge in [0.15, 0.2) is 0 Å². The number of benzene rings is 1. The molecular formula is C17H21ClO4. The van der Waals surface area contributed by atoms with Crippen LogP contribution in [0.25, 0.3) is 0 Å². The minimum absolute atomic E-state index is 0.0525. The van der Waals surface area contributed by atoms with E-state index < -0.39 is 11.4 Å². The highest BCUT2D eigenvalue weighted by atomic mass is 35.5. The summed E-state index contributed by atoms with van der Waals surface area (Å²) in [4.78, 5) is 11.3. The Morgan fingerprint density at radius 2 is 1.73 bits per heavy atom. The maximum Gasteiger partial charge on any atom is 0.304 e. The third-order valence-electron chi connectivity index (χ3n) is 4.45. The molecule has 0 spiro atoms. The summed E-state index contributed by atoms with van der Waals surface area (Å²) in [5, 5.41) is 9.93. The van der Waals surface area contributed by atoms with Crippen LogP contribution in [0.4, 0.5) is 0 Å². The van der Waals surface area contributed by atoms with Crippen molar-refractivity contribution in [3.05, 3.63) is 21.7 Å².